The predicted octanol–water partition coefficient (Wildman–Crippen LogP) is 4.84. The van der Waals surface area contributed by atoms with Crippen molar-refractivity contribution in [1.82, 2.24) is 15.0 Å². The van der Waals surface area contributed by atoms with Crippen LogP contribution in [0.1, 0.15) is 35.7 Å². The van der Waals surface area contributed by atoms with Crippen molar-refractivity contribution in [1.29, 1.82) is 0 Å². The highest BCUT2D eigenvalue weighted by Crippen LogP contribution is 2.81. The van der Waals surface area contributed by atoms with Gasteiger partial charge in [0.2, 0.25) is 5.91 Å². The first-order chi connectivity index (χ1) is 17.3. The Labute approximate surface area is 202 Å². The lowest BCUT2D eigenvalue weighted by atomic mass is 9.90. The second-order valence-corrected chi connectivity index (χ2v) is 10.2. The van der Waals surface area contributed by atoms with E-state index in [9.17, 15) is 18.0 Å². The number of aromatic nitrogens is 3. The van der Waals surface area contributed by atoms with Gasteiger partial charge in [0.15, 0.2) is 0 Å². The molecule has 1 amide bonds. The maximum atomic E-state index is 13.1. The van der Waals surface area contributed by atoms with Crippen LogP contribution in [-0.4, -0.2) is 27.0 Å². The molecule has 5 aliphatic rings. The number of anilines is 1. The van der Waals surface area contributed by atoms with Crippen molar-refractivity contribution in [3.05, 3.63) is 71.1 Å². The zero-order chi connectivity index (χ0) is 24.4. The number of allylic oxidation sites excluding steroid dienone is 4. The number of hydrogen-bond donors (Lipinski definition) is 2. The summed E-state index contributed by atoms with van der Waals surface area (Å²) in [5.74, 6) is 4.08. The van der Waals surface area contributed by atoms with Crippen molar-refractivity contribution in [2.75, 3.05) is 5.32 Å². The zero-order valence-electron chi connectivity index (χ0n) is 18.7. The lowest BCUT2D eigenvalue weighted by molar-refractivity contribution is -0.137. The molecule has 0 radical (unpaired) electrons. The molecule has 2 aromatic heterocycles. The lowest BCUT2D eigenvalue weighted by Crippen LogP contribution is -2.21. The van der Waals surface area contributed by atoms with Crippen LogP contribution in [0.4, 0.5) is 19.0 Å². The Hall–Kier alpha value is -3.82. The number of amides is 1. The Balaban J connectivity index is 1.06. The number of halogens is 3. The summed E-state index contributed by atoms with van der Waals surface area (Å²) in [6, 6.07) is 5.41. The molecule has 5 atom stereocenters. The van der Waals surface area contributed by atoms with Gasteiger partial charge in [-0.2, -0.15) is 13.2 Å². The molecule has 2 saturated carbocycles. The van der Waals surface area contributed by atoms with Gasteiger partial charge < -0.3 is 19.8 Å². The smallest absolute Gasteiger partial charge is 0.416 e. The number of pyridine rings is 1. The second-order valence-electron chi connectivity index (χ2n) is 10.2. The normalized spacial score (nSPS) is 31.2. The summed E-state index contributed by atoms with van der Waals surface area (Å²) in [5, 5.41) is 2.80. The van der Waals surface area contributed by atoms with Gasteiger partial charge in [0.05, 0.1) is 22.5 Å². The molecule has 2 N–H and O–H groups in total. The van der Waals surface area contributed by atoms with Crippen LogP contribution in [0.5, 0.6) is 5.75 Å². The van der Waals surface area contributed by atoms with Gasteiger partial charge in [-0.25, -0.2) is 9.97 Å². The van der Waals surface area contributed by atoms with Gasteiger partial charge in [0, 0.05) is 35.4 Å². The Bertz CT molecular complexity index is 1560. The van der Waals surface area contributed by atoms with E-state index in [0.29, 0.717) is 41.3 Å². The average Bonchev–Trinajstić information content (AvgIpc) is 3.67. The number of H-pyrrole nitrogens is 1. The lowest BCUT2D eigenvalue weighted by Gasteiger charge is -2.23. The quantitative estimate of drug-likeness (QED) is 0.546. The van der Waals surface area contributed by atoms with Crippen LogP contribution >= 0.6 is 0 Å². The van der Waals surface area contributed by atoms with E-state index in [4.69, 9.17) is 9.47 Å². The van der Waals surface area contributed by atoms with E-state index < -0.39 is 11.7 Å². The molecule has 10 heteroatoms. The summed E-state index contributed by atoms with van der Waals surface area (Å²) in [4.78, 5) is 23.7. The fraction of sp³-hybridized carbons (Fsp3) is 0.346. The van der Waals surface area contributed by atoms with Crippen LogP contribution in [0.3, 0.4) is 0 Å². The van der Waals surface area contributed by atoms with Gasteiger partial charge in [0.1, 0.15) is 35.0 Å². The highest BCUT2D eigenvalue weighted by Gasteiger charge is 2.81. The Morgan fingerprint density at radius 3 is 2.92 bits per heavy atom. The van der Waals surface area contributed by atoms with Gasteiger partial charge in [0.25, 0.3) is 0 Å². The molecule has 2 aliphatic heterocycles. The third-order valence-electron chi connectivity index (χ3n) is 8.26. The molecule has 182 valence electrons. The molecule has 1 aromatic carbocycles. The van der Waals surface area contributed by atoms with Gasteiger partial charge in [-0.15, -0.1) is 0 Å². The van der Waals surface area contributed by atoms with Crippen LogP contribution in [0, 0.1) is 17.3 Å². The minimum absolute atomic E-state index is 0.0112. The van der Waals surface area contributed by atoms with E-state index >= 15 is 0 Å². The number of hydrogen-bond acceptors (Lipinski definition) is 5. The van der Waals surface area contributed by atoms with Crippen molar-refractivity contribution >= 4 is 22.8 Å². The number of imidazole rings is 1. The van der Waals surface area contributed by atoms with Crippen molar-refractivity contribution in [2.45, 2.75) is 37.5 Å². The Morgan fingerprint density at radius 1 is 1.17 bits per heavy atom. The minimum atomic E-state index is -4.40. The van der Waals surface area contributed by atoms with E-state index in [2.05, 4.69) is 20.3 Å². The van der Waals surface area contributed by atoms with Crippen LogP contribution in [0.2, 0.25) is 0 Å². The fourth-order valence-electron chi connectivity index (χ4n) is 6.48. The first kappa shape index (κ1) is 20.4. The SMILES string of the molecule is O=C1CCc2c(OC3=CC=C4O[C@@H]5[C@@H](c6nc7ccc(C(F)(F)F)cc7[nH]6)[C@@H]5C45CC35)ccnc2N1. The number of nitrogens with one attached hydrogen (secondary N) is 2. The number of aromatic amines is 1. The monoisotopic (exact) mass is 492 g/mol. The van der Waals surface area contributed by atoms with E-state index in [1.807, 2.05) is 18.2 Å². The molecule has 36 heavy (non-hydrogen) atoms. The highest BCUT2D eigenvalue weighted by atomic mass is 19.4. The van der Waals surface area contributed by atoms with Crippen molar-refractivity contribution in [3.8, 4) is 5.75 Å². The van der Waals surface area contributed by atoms with Crippen LogP contribution < -0.4 is 10.1 Å². The van der Waals surface area contributed by atoms with Gasteiger partial charge >= 0.3 is 6.18 Å². The number of fused-ring (bicyclic) bond motifs is 3. The fourth-order valence-corrected chi connectivity index (χ4v) is 6.48. The van der Waals surface area contributed by atoms with Crippen molar-refractivity contribution in [3.63, 3.8) is 0 Å². The maximum Gasteiger partial charge on any atom is 0.416 e. The summed E-state index contributed by atoms with van der Waals surface area (Å²) in [7, 11) is 0. The molecule has 3 fully saturated rings. The number of rotatable bonds is 3. The first-order valence-corrected chi connectivity index (χ1v) is 11.9. The van der Waals surface area contributed by atoms with Crippen LogP contribution in [0.15, 0.2) is 54.1 Å². The van der Waals surface area contributed by atoms with Crippen LogP contribution in [-0.2, 0) is 22.1 Å². The molecule has 2 unspecified atom stereocenters. The highest BCUT2D eigenvalue weighted by molar-refractivity contribution is 5.93. The number of benzene rings is 1. The topological polar surface area (TPSA) is 89.1 Å². The Kier molecular flexibility index (Phi) is 3.67. The van der Waals surface area contributed by atoms with Crippen LogP contribution in [0.25, 0.3) is 11.0 Å². The molecule has 4 heterocycles. The van der Waals surface area contributed by atoms with E-state index in [1.165, 1.54) is 6.07 Å². The van der Waals surface area contributed by atoms with Crippen molar-refractivity contribution in [2.24, 2.45) is 17.3 Å². The zero-order valence-corrected chi connectivity index (χ0v) is 18.7. The third kappa shape index (κ3) is 2.67. The average molecular weight is 492 g/mol. The molecular formula is C26H19F3N4O3. The summed E-state index contributed by atoms with van der Waals surface area (Å²) < 4.78 is 52.1. The Morgan fingerprint density at radius 2 is 2.06 bits per heavy atom. The minimum Gasteiger partial charge on any atom is -0.493 e. The molecule has 1 spiro atoms. The first-order valence-electron chi connectivity index (χ1n) is 11.9. The predicted molar refractivity (Wildman–Crippen MR) is 121 cm³/mol. The third-order valence-corrected chi connectivity index (χ3v) is 8.26. The molecule has 7 nitrogen and oxygen atoms in total. The van der Waals surface area contributed by atoms with Gasteiger partial charge in [-0.1, -0.05) is 0 Å². The summed E-state index contributed by atoms with van der Waals surface area (Å²) in [6.45, 7) is 0. The molecule has 3 aromatic rings. The van der Waals surface area contributed by atoms with Crippen molar-refractivity contribution < 1.29 is 27.4 Å². The summed E-state index contributed by atoms with van der Waals surface area (Å²) in [5.41, 5.74) is 0.947. The number of carbonyl (C=O) groups excluding carboxylic acids is 1. The molecule has 8 rings (SSSR count). The second kappa shape index (κ2) is 6.48. The molecule has 3 aliphatic carbocycles. The molecular weight excluding hydrogens is 473 g/mol. The summed E-state index contributed by atoms with van der Waals surface area (Å²) >= 11 is 0. The largest absolute Gasteiger partial charge is 0.493 e. The summed E-state index contributed by atoms with van der Waals surface area (Å²) in [6.07, 6.45) is 2.99. The molecule has 1 saturated heterocycles. The standard InChI is InChI=1S/C26H19F3N4O3/c27-26(28,29)11-1-3-14-15(9-11)32-24(31-14)20-21-22(20)36-18-5-4-17(13-10-25(13,18)21)35-16-7-8-30-23-12(16)2-6-19(34)33-23/h1,3-5,7-9,13,20-22H,2,6,10H2,(H,31,32)(H,30,33,34)/t13?,20-,21-,22+,25?/m0/s1. The van der Waals surface area contributed by atoms with Gasteiger partial charge in [-0.3, -0.25) is 4.79 Å². The van der Waals surface area contributed by atoms with E-state index in [1.54, 1.807) is 6.20 Å². The van der Waals surface area contributed by atoms with Gasteiger partial charge in [-0.05, 0) is 49.3 Å². The number of nitrogens with zero attached hydrogens (tertiary/aromatic N) is 2. The number of ether oxygens (including phenoxy) is 2. The van der Waals surface area contributed by atoms with E-state index in [0.717, 1.165) is 35.6 Å². The van der Waals surface area contributed by atoms with E-state index in [-0.39, 0.29) is 35.2 Å². The number of alkyl halides is 3. The number of carbonyl (C=O) groups is 1. The molecule has 0 bridgehead atoms. The maximum absolute atomic E-state index is 13.1.